The Morgan fingerprint density at radius 1 is 1.20 bits per heavy atom. The quantitative estimate of drug-likeness (QED) is 0.600. The van der Waals surface area contributed by atoms with Crippen LogP contribution in [0.15, 0.2) is 47.5 Å². The van der Waals surface area contributed by atoms with E-state index in [9.17, 15) is 4.79 Å². The Kier molecular flexibility index (Phi) is 3.02. The van der Waals surface area contributed by atoms with Crippen molar-refractivity contribution in [1.29, 1.82) is 0 Å². The second-order valence-electron chi connectivity index (χ2n) is 5.88. The van der Waals surface area contributed by atoms with Gasteiger partial charge in [0.1, 0.15) is 11.0 Å². The zero-order chi connectivity index (χ0) is 17.0. The first-order chi connectivity index (χ1) is 12.2. The van der Waals surface area contributed by atoms with Crippen molar-refractivity contribution in [2.75, 3.05) is 6.79 Å². The zero-order valence-corrected chi connectivity index (χ0v) is 13.7. The van der Waals surface area contributed by atoms with Gasteiger partial charge in [0.15, 0.2) is 11.5 Å². The van der Waals surface area contributed by atoms with E-state index >= 15 is 0 Å². The number of aromatic amines is 1. The van der Waals surface area contributed by atoms with Crippen LogP contribution in [0, 0.1) is 0 Å². The van der Waals surface area contributed by atoms with Gasteiger partial charge in [-0.2, -0.15) is 0 Å². The second-order valence-corrected chi connectivity index (χ2v) is 6.28. The number of hydrogen-bond donors (Lipinski definition) is 1. The Morgan fingerprint density at radius 2 is 2.08 bits per heavy atom. The minimum Gasteiger partial charge on any atom is -0.454 e. The maximum absolute atomic E-state index is 12.8. The Bertz CT molecular complexity index is 1200. The van der Waals surface area contributed by atoms with Crippen molar-refractivity contribution in [2.45, 2.75) is 6.54 Å². The van der Waals surface area contributed by atoms with Gasteiger partial charge in [-0.05, 0) is 29.8 Å². The fourth-order valence-electron chi connectivity index (χ4n) is 3.14. The number of ether oxygens (including phenoxy) is 2. The van der Waals surface area contributed by atoms with Gasteiger partial charge in [0.05, 0.1) is 17.9 Å². The van der Waals surface area contributed by atoms with Gasteiger partial charge in [0.25, 0.3) is 5.56 Å². The van der Waals surface area contributed by atoms with Crippen LogP contribution < -0.4 is 15.0 Å². The first kappa shape index (κ1) is 14.4. The molecule has 3 heterocycles. The van der Waals surface area contributed by atoms with E-state index in [1.165, 1.54) is 0 Å². The average Bonchev–Trinajstić information content (AvgIpc) is 3.22. The lowest BCUT2D eigenvalue weighted by molar-refractivity contribution is 0.174. The molecule has 1 aliphatic rings. The minimum absolute atomic E-state index is 0.144. The summed E-state index contributed by atoms with van der Waals surface area (Å²) in [6.07, 6.45) is 1.55. The van der Waals surface area contributed by atoms with Crippen LogP contribution in [0.2, 0.25) is 5.02 Å². The Hall–Kier alpha value is -2.99. The first-order valence-electron chi connectivity index (χ1n) is 7.74. The molecule has 0 saturated heterocycles. The van der Waals surface area contributed by atoms with Gasteiger partial charge in [0, 0.05) is 10.9 Å². The lowest BCUT2D eigenvalue weighted by atomic mass is 10.2. The standard InChI is InChI=1S/C18H12ClN3O3/c19-11-2-1-3-12-15(11)16-17(21-12)18(23)22(8-20-16)7-10-4-5-13-14(6-10)25-9-24-13/h1-6,8,21H,7,9H2. The van der Waals surface area contributed by atoms with E-state index in [1.807, 2.05) is 30.3 Å². The summed E-state index contributed by atoms with van der Waals surface area (Å²) in [7, 11) is 0. The monoisotopic (exact) mass is 353 g/mol. The molecule has 0 atom stereocenters. The number of rotatable bonds is 2. The molecule has 0 saturated carbocycles. The molecule has 2 aromatic heterocycles. The van der Waals surface area contributed by atoms with Gasteiger partial charge in [-0.15, -0.1) is 0 Å². The second kappa shape index (κ2) is 5.26. The molecule has 2 aromatic carbocycles. The number of H-pyrrole nitrogens is 1. The van der Waals surface area contributed by atoms with Gasteiger partial charge in [0.2, 0.25) is 6.79 Å². The number of halogens is 1. The molecule has 0 aliphatic carbocycles. The Morgan fingerprint density at radius 3 is 3.00 bits per heavy atom. The molecule has 0 amide bonds. The normalized spacial score (nSPS) is 13.0. The number of nitrogens with one attached hydrogen (secondary N) is 1. The number of nitrogens with zero attached hydrogens (tertiary/aromatic N) is 2. The van der Waals surface area contributed by atoms with Crippen molar-refractivity contribution in [1.82, 2.24) is 14.5 Å². The number of hydrogen-bond acceptors (Lipinski definition) is 4. The third kappa shape index (κ3) is 2.18. The van der Waals surface area contributed by atoms with Crippen LogP contribution in [0.1, 0.15) is 5.56 Å². The molecule has 4 aromatic rings. The molecule has 5 rings (SSSR count). The number of aromatic nitrogens is 3. The summed E-state index contributed by atoms with van der Waals surface area (Å²) in [6.45, 7) is 0.615. The number of benzene rings is 2. The van der Waals surface area contributed by atoms with Crippen molar-refractivity contribution in [2.24, 2.45) is 0 Å². The van der Waals surface area contributed by atoms with Crippen LogP contribution in [0.25, 0.3) is 21.9 Å². The van der Waals surface area contributed by atoms with E-state index in [0.717, 1.165) is 22.2 Å². The molecule has 0 spiro atoms. The predicted octanol–water partition coefficient (Wildman–Crippen LogP) is 3.31. The van der Waals surface area contributed by atoms with Gasteiger partial charge in [-0.1, -0.05) is 23.7 Å². The van der Waals surface area contributed by atoms with Crippen molar-refractivity contribution in [3.63, 3.8) is 0 Å². The Balaban J connectivity index is 1.62. The third-order valence-electron chi connectivity index (χ3n) is 4.34. The van der Waals surface area contributed by atoms with Crippen LogP contribution >= 0.6 is 11.6 Å². The van der Waals surface area contributed by atoms with Crippen LogP contribution in [-0.4, -0.2) is 21.3 Å². The molecule has 0 bridgehead atoms. The van der Waals surface area contributed by atoms with E-state index in [1.54, 1.807) is 17.0 Å². The summed E-state index contributed by atoms with van der Waals surface area (Å²) >= 11 is 6.26. The topological polar surface area (TPSA) is 69.1 Å². The van der Waals surface area contributed by atoms with Crippen LogP contribution in [0.3, 0.4) is 0 Å². The summed E-state index contributed by atoms with van der Waals surface area (Å²) in [6, 6.07) is 11.1. The van der Waals surface area contributed by atoms with E-state index in [-0.39, 0.29) is 12.4 Å². The van der Waals surface area contributed by atoms with Gasteiger partial charge < -0.3 is 14.5 Å². The zero-order valence-electron chi connectivity index (χ0n) is 13.0. The first-order valence-corrected chi connectivity index (χ1v) is 8.12. The smallest absolute Gasteiger partial charge is 0.277 e. The molecule has 7 heteroatoms. The number of fused-ring (bicyclic) bond motifs is 4. The molecular formula is C18H12ClN3O3. The lowest BCUT2D eigenvalue weighted by Gasteiger charge is -2.06. The highest BCUT2D eigenvalue weighted by molar-refractivity contribution is 6.37. The predicted molar refractivity (Wildman–Crippen MR) is 94.5 cm³/mol. The van der Waals surface area contributed by atoms with Gasteiger partial charge in [-0.25, -0.2) is 4.98 Å². The minimum atomic E-state index is -0.144. The Labute approximate surface area is 146 Å². The van der Waals surface area contributed by atoms with Gasteiger partial charge in [-0.3, -0.25) is 9.36 Å². The maximum Gasteiger partial charge on any atom is 0.277 e. The SMILES string of the molecule is O=c1c2[nH]c3cccc(Cl)c3c2ncn1Cc1ccc2c(c1)OCO2. The van der Waals surface area contributed by atoms with Crippen molar-refractivity contribution >= 4 is 33.5 Å². The summed E-state index contributed by atoms with van der Waals surface area (Å²) in [5.74, 6) is 1.41. The van der Waals surface area contributed by atoms with E-state index in [0.29, 0.717) is 28.4 Å². The summed E-state index contributed by atoms with van der Waals surface area (Å²) < 4.78 is 12.3. The van der Waals surface area contributed by atoms with Gasteiger partial charge >= 0.3 is 0 Å². The van der Waals surface area contributed by atoms with Crippen molar-refractivity contribution in [3.05, 3.63) is 63.7 Å². The molecule has 0 unspecified atom stereocenters. The molecule has 1 aliphatic heterocycles. The molecule has 0 fully saturated rings. The third-order valence-corrected chi connectivity index (χ3v) is 4.65. The average molecular weight is 354 g/mol. The molecule has 1 N–H and O–H groups in total. The molecule has 25 heavy (non-hydrogen) atoms. The highest BCUT2D eigenvalue weighted by Crippen LogP contribution is 2.33. The van der Waals surface area contributed by atoms with E-state index < -0.39 is 0 Å². The highest BCUT2D eigenvalue weighted by atomic mass is 35.5. The molecular weight excluding hydrogens is 342 g/mol. The summed E-state index contributed by atoms with van der Waals surface area (Å²) in [5, 5.41) is 1.34. The highest BCUT2D eigenvalue weighted by Gasteiger charge is 2.15. The lowest BCUT2D eigenvalue weighted by Crippen LogP contribution is -2.21. The molecule has 0 radical (unpaired) electrons. The molecule has 6 nitrogen and oxygen atoms in total. The summed E-state index contributed by atoms with van der Waals surface area (Å²) in [4.78, 5) is 20.4. The van der Waals surface area contributed by atoms with E-state index in [2.05, 4.69) is 9.97 Å². The van der Waals surface area contributed by atoms with E-state index in [4.69, 9.17) is 21.1 Å². The maximum atomic E-state index is 12.8. The van der Waals surface area contributed by atoms with Crippen LogP contribution in [0.5, 0.6) is 11.5 Å². The van der Waals surface area contributed by atoms with Crippen molar-refractivity contribution in [3.8, 4) is 11.5 Å². The molecule has 124 valence electrons. The summed E-state index contributed by atoms with van der Waals surface area (Å²) in [5.41, 5.74) is 2.63. The fourth-order valence-corrected chi connectivity index (χ4v) is 3.41. The van der Waals surface area contributed by atoms with Crippen molar-refractivity contribution < 1.29 is 9.47 Å². The fraction of sp³-hybridized carbons (Fsp3) is 0.111. The largest absolute Gasteiger partial charge is 0.454 e. The van der Waals surface area contributed by atoms with Crippen LogP contribution in [0.4, 0.5) is 0 Å². The van der Waals surface area contributed by atoms with Crippen LogP contribution in [-0.2, 0) is 6.54 Å².